The van der Waals surface area contributed by atoms with E-state index in [1.807, 2.05) is 44.2 Å². The van der Waals surface area contributed by atoms with Crippen molar-refractivity contribution >= 4 is 21.0 Å². The summed E-state index contributed by atoms with van der Waals surface area (Å²) in [7, 11) is -3.54. The van der Waals surface area contributed by atoms with Gasteiger partial charge in [0.2, 0.25) is 10.0 Å². The third kappa shape index (κ3) is 3.37. The van der Waals surface area contributed by atoms with Gasteiger partial charge in [-0.15, -0.1) is 0 Å². The van der Waals surface area contributed by atoms with Crippen molar-refractivity contribution in [2.24, 2.45) is 0 Å². The fourth-order valence-corrected chi connectivity index (χ4v) is 4.46. The SMILES string of the molecule is CCCN(C(C)c1cc2ccccc2o1)S(=O)(=O)Cc1ccon1. The Morgan fingerprint density at radius 2 is 2.04 bits per heavy atom. The zero-order chi connectivity index (χ0) is 17.2. The number of benzene rings is 1. The molecule has 6 nitrogen and oxygen atoms in total. The molecule has 3 rings (SSSR count). The Hall–Kier alpha value is -2.12. The lowest BCUT2D eigenvalue weighted by Crippen LogP contribution is -2.35. The lowest BCUT2D eigenvalue weighted by molar-refractivity contribution is 0.304. The summed E-state index contributed by atoms with van der Waals surface area (Å²) in [6.45, 7) is 4.20. The van der Waals surface area contributed by atoms with Crippen LogP contribution in [0.2, 0.25) is 0 Å². The molecule has 24 heavy (non-hydrogen) atoms. The highest BCUT2D eigenvalue weighted by Gasteiger charge is 2.30. The number of nitrogens with zero attached hydrogens (tertiary/aromatic N) is 2. The minimum atomic E-state index is -3.54. The van der Waals surface area contributed by atoms with Gasteiger partial charge in [-0.25, -0.2) is 8.42 Å². The second-order valence-corrected chi connectivity index (χ2v) is 7.64. The molecule has 0 bridgehead atoms. The van der Waals surface area contributed by atoms with Crippen LogP contribution < -0.4 is 0 Å². The van der Waals surface area contributed by atoms with Gasteiger partial charge < -0.3 is 8.94 Å². The molecule has 0 saturated carbocycles. The normalized spacial score (nSPS) is 13.6. The van der Waals surface area contributed by atoms with Gasteiger partial charge in [0.15, 0.2) is 0 Å². The molecule has 1 unspecified atom stereocenters. The zero-order valence-corrected chi connectivity index (χ0v) is 14.5. The van der Waals surface area contributed by atoms with Crippen LogP contribution in [-0.2, 0) is 15.8 Å². The van der Waals surface area contributed by atoms with Gasteiger partial charge in [0, 0.05) is 18.0 Å². The zero-order valence-electron chi connectivity index (χ0n) is 13.7. The number of aromatic nitrogens is 1. The van der Waals surface area contributed by atoms with E-state index in [2.05, 4.69) is 5.16 Å². The molecule has 128 valence electrons. The summed E-state index contributed by atoms with van der Waals surface area (Å²) in [5, 5.41) is 4.67. The molecule has 0 radical (unpaired) electrons. The highest BCUT2D eigenvalue weighted by molar-refractivity contribution is 7.88. The molecule has 0 saturated heterocycles. The summed E-state index contributed by atoms with van der Waals surface area (Å²) in [5.41, 5.74) is 1.15. The number of rotatable bonds is 7. The van der Waals surface area contributed by atoms with E-state index >= 15 is 0 Å². The lowest BCUT2D eigenvalue weighted by atomic mass is 10.2. The smallest absolute Gasteiger partial charge is 0.220 e. The van der Waals surface area contributed by atoms with Crippen LogP contribution in [0.5, 0.6) is 0 Å². The van der Waals surface area contributed by atoms with Crippen molar-refractivity contribution in [1.82, 2.24) is 9.46 Å². The molecule has 3 aromatic rings. The molecule has 2 aromatic heterocycles. The fourth-order valence-electron chi connectivity index (χ4n) is 2.73. The number of sulfonamides is 1. The Morgan fingerprint density at radius 1 is 1.25 bits per heavy atom. The van der Waals surface area contributed by atoms with E-state index in [1.54, 1.807) is 6.07 Å². The summed E-state index contributed by atoms with van der Waals surface area (Å²) >= 11 is 0. The van der Waals surface area contributed by atoms with E-state index in [0.717, 1.165) is 11.0 Å². The average Bonchev–Trinajstić information content (AvgIpc) is 3.20. The van der Waals surface area contributed by atoms with Crippen LogP contribution in [-0.4, -0.2) is 24.4 Å². The van der Waals surface area contributed by atoms with Crippen molar-refractivity contribution in [1.29, 1.82) is 0 Å². The third-order valence-electron chi connectivity index (χ3n) is 3.91. The molecule has 2 heterocycles. The van der Waals surface area contributed by atoms with Crippen molar-refractivity contribution in [3.05, 3.63) is 54.1 Å². The molecular weight excluding hydrogens is 328 g/mol. The maximum absolute atomic E-state index is 12.8. The van der Waals surface area contributed by atoms with Gasteiger partial charge in [-0.2, -0.15) is 4.31 Å². The molecular formula is C17H20N2O4S. The molecule has 1 atom stereocenters. The first kappa shape index (κ1) is 16.7. The third-order valence-corrected chi connectivity index (χ3v) is 5.79. The van der Waals surface area contributed by atoms with E-state index in [9.17, 15) is 8.42 Å². The van der Waals surface area contributed by atoms with E-state index in [-0.39, 0.29) is 5.75 Å². The van der Waals surface area contributed by atoms with Crippen molar-refractivity contribution in [2.45, 2.75) is 32.1 Å². The number of hydrogen-bond donors (Lipinski definition) is 0. The summed E-state index contributed by atoms with van der Waals surface area (Å²) in [6.07, 6.45) is 2.08. The molecule has 0 N–H and O–H groups in total. The molecule has 1 aromatic carbocycles. The second kappa shape index (κ2) is 6.78. The number of furan rings is 1. The van der Waals surface area contributed by atoms with Crippen molar-refractivity contribution < 1.29 is 17.4 Å². The van der Waals surface area contributed by atoms with Crippen LogP contribution in [0.25, 0.3) is 11.0 Å². The van der Waals surface area contributed by atoms with Crippen molar-refractivity contribution in [2.75, 3.05) is 6.54 Å². The first-order valence-corrected chi connectivity index (χ1v) is 9.49. The van der Waals surface area contributed by atoms with Crippen LogP contribution in [0.15, 0.2) is 51.6 Å². The van der Waals surface area contributed by atoms with Gasteiger partial charge in [0.1, 0.15) is 23.4 Å². The van der Waals surface area contributed by atoms with E-state index in [0.29, 0.717) is 24.4 Å². The number of fused-ring (bicyclic) bond motifs is 1. The lowest BCUT2D eigenvalue weighted by Gasteiger charge is -2.26. The van der Waals surface area contributed by atoms with E-state index < -0.39 is 16.1 Å². The molecule has 0 aliphatic rings. The van der Waals surface area contributed by atoms with Crippen molar-refractivity contribution in [3.63, 3.8) is 0 Å². The molecule has 0 fully saturated rings. The predicted octanol–water partition coefficient (Wildman–Crippen LogP) is 3.72. The molecule has 0 spiro atoms. The van der Waals surface area contributed by atoms with Crippen LogP contribution >= 0.6 is 0 Å². The Balaban J connectivity index is 1.91. The van der Waals surface area contributed by atoms with Gasteiger partial charge in [-0.05, 0) is 25.5 Å². The summed E-state index contributed by atoms with van der Waals surface area (Å²) in [4.78, 5) is 0. The minimum Gasteiger partial charge on any atom is -0.459 e. The quantitative estimate of drug-likeness (QED) is 0.650. The Morgan fingerprint density at radius 3 is 2.71 bits per heavy atom. The predicted molar refractivity (Wildman–Crippen MR) is 90.8 cm³/mol. The van der Waals surface area contributed by atoms with Crippen LogP contribution in [0, 0.1) is 0 Å². The maximum Gasteiger partial charge on any atom is 0.220 e. The second-order valence-electron chi connectivity index (χ2n) is 5.72. The van der Waals surface area contributed by atoms with Gasteiger partial charge in [-0.1, -0.05) is 30.3 Å². The van der Waals surface area contributed by atoms with Gasteiger partial charge in [-0.3, -0.25) is 0 Å². The summed E-state index contributed by atoms with van der Waals surface area (Å²) < 4.78 is 37.7. The summed E-state index contributed by atoms with van der Waals surface area (Å²) in [5.74, 6) is 0.446. The largest absolute Gasteiger partial charge is 0.459 e. The fraction of sp³-hybridized carbons (Fsp3) is 0.353. The van der Waals surface area contributed by atoms with Crippen LogP contribution in [0.4, 0.5) is 0 Å². The standard InChI is InChI=1S/C17H20N2O4S/c1-3-9-19(24(20,21)12-15-8-10-22-18-15)13(2)17-11-14-6-4-5-7-16(14)23-17/h4-8,10-11,13H,3,9,12H2,1-2H3. The summed E-state index contributed by atoms with van der Waals surface area (Å²) in [6, 6.07) is 10.7. The topological polar surface area (TPSA) is 76.6 Å². The Kier molecular flexibility index (Phi) is 4.73. The number of hydrogen-bond acceptors (Lipinski definition) is 5. The van der Waals surface area contributed by atoms with Crippen LogP contribution in [0.3, 0.4) is 0 Å². The van der Waals surface area contributed by atoms with Gasteiger partial charge in [0.25, 0.3) is 0 Å². The highest BCUT2D eigenvalue weighted by Crippen LogP contribution is 2.30. The highest BCUT2D eigenvalue weighted by atomic mass is 32.2. The van der Waals surface area contributed by atoms with Crippen molar-refractivity contribution in [3.8, 4) is 0 Å². The van der Waals surface area contributed by atoms with Crippen LogP contribution in [0.1, 0.15) is 37.8 Å². The maximum atomic E-state index is 12.8. The Bertz CT molecular complexity index is 867. The van der Waals surface area contributed by atoms with Gasteiger partial charge >= 0.3 is 0 Å². The molecule has 0 aliphatic heterocycles. The number of para-hydroxylation sites is 1. The van der Waals surface area contributed by atoms with E-state index in [4.69, 9.17) is 8.94 Å². The molecule has 0 aliphatic carbocycles. The van der Waals surface area contributed by atoms with E-state index in [1.165, 1.54) is 10.6 Å². The molecule has 7 heteroatoms. The molecule has 0 amide bonds. The van der Waals surface area contributed by atoms with Gasteiger partial charge in [0.05, 0.1) is 11.7 Å². The average molecular weight is 348 g/mol. The Labute approximate surface area is 141 Å². The first-order chi connectivity index (χ1) is 11.5. The first-order valence-electron chi connectivity index (χ1n) is 7.88. The monoisotopic (exact) mass is 348 g/mol. The minimum absolute atomic E-state index is 0.186.